The molecule has 0 atom stereocenters. The summed E-state index contributed by atoms with van der Waals surface area (Å²) in [7, 11) is 1.62. The van der Waals surface area contributed by atoms with Crippen LogP contribution in [-0.4, -0.2) is 51.6 Å². The number of alkyl halides is 3. The lowest BCUT2D eigenvalue weighted by Gasteiger charge is -2.30. The number of aromatic nitrogens is 3. The van der Waals surface area contributed by atoms with Crippen LogP contribution in [0.1, 0.15) is 18.1 Å². The number of hydrogen-bond donors (Lipinski definition) is 1. The van der Waals surface area contributed by atoms with Crippen molar-refractivity contribution in [3.63, 3.8) is 0 Å². The first kappa shape index (κ1) is 16.0. The number of rotatable bonds is 4. The van der Waals surface area contributed by atoms with E-state index in [1.807, 2.05) is 0 Å². The van der Waals surface area contributed by atoms with Crippen molar-refractivity contribution in [1.29, 1.82) is 0 Å². The number of fused-ring (bicyclic) bond motifs is 1. The number of thiocarbonyl (C=S) groups is 1. The Labute approximate surface area is 125 Å². The Bertz CT molecular complexity index is 505. The van der Waals surface area contributed by atoms with Crippen LogP contribution in [0.4, 0.5) is 13.2 Å². The second-order valence-electron chi connectivity index (χ2n) is 4.59. The van der Waals surface area contributed by atoms with Crippen molar-refractivity contribution in [3.05, 3.63) is 11.6 Å². The molecule has 1 aromatic rings. The second kappa shape index (κ2) is 6.56. The normalized spacial score (nSPS) is 15.0. The van der Waals surface area contributed by atoms with E-state index in [0.29, 0.717) is 24.8 Å². The van der Waals surface area contributed by atoms with E-state index in [0.717, 1.165) is 11.0 Å². The number of halogens is 3. The zero-order chi connectivity index (χ0) is 15.5. The van der Waals surface area contributed by atoms with Crippen molar-refractivity contribution in [1.82, 2.24) is 25.0 Å². The first-order valence-electron chi connectivity index (χ1n) is 6.44. The van der Waals surface area contributed by atoms with Gasteiger partial charge in [0.25, 0.3) is 0 Å². The van der Waals surface area contributed by atoms with Crippen LogP contribution in [0.2, 0.25) is 0 Å². The van der Waals surface area contributed by atoms with Gasteiger partial charge in [0.2, 0.25) is 5.82 Å². The fourth-order valence-electron chi connectivity index (χ4n) is 2.06. The minimum Gasteiger partial charge on any atom is -0.385 e. The molecule has 1 aliphatic heterocycles. The topological polar surface area (TPSA) is 55.2 Å². The summed E-state index contributed by atoms with van der Waals surface area (Å²) in [6.45, 7) is 2.06. The Morgan fingerprint density at radius 2 is 2.14 bits per heavy atom. The quantitative estimate of drug-likeness (QED) is 0.660. The molecule has 0 aromatic carbocycles. The molecule has 1 N–H and O–H groups in total. The molecule has 2 rings (SSSR count). The number of methoxy groups -OCH3 is 1. The van der Waals surface area contributed by atoms with Crippen LogP contribution < -0.4 is 5.32 Å². The number of nitrogens with one attached hydrogen (secondary N) is 1. The van der Waals surface area contributed by atoms with E-state index in [1.54, 1.807) is 12.0 Å². The van der Waals surface area contributed by atoms with Crippen LogP contribution in [-0.2, 0) is 24.0 Å². The minimum absolute atomic E-state index is 0.164. The molecular formula is C11H16F3N5OS. The van der Waals surface area contributed by atoms with Crippen LogP contribution in [0.3, 0.4) is 0 Å². The number of nitrogens with zero attached hydrogens (tertiary/aromatic N) is 4. The Balaban J connectivity index is 1.94. The summed E-state index contributed by atoms with van der Waals surface area (Å²) < 4.78 is 44.2. The maximum atomic E-state index is 12.7. The molecule has 0 saturated carbocycles. The van der Waals surface area contributed by atoms with Gasteiger partial charge in [-0.2, -0.15) is 13.2 Å². The van der Waals surface area contributed by atoms with Gasteiger partial charge in [0.1, 0.15) is 0 Å². The maximum absolute atomic E-state index is 12.7. The summed E-state index contributed by atoms with van der Waals surface area (Å²) in [6.07, 6.45) is -3.68. The monoisotopic (exact) mass is 323 g/mol. The first-order valence-corrected chi connectivity index (χ1v) is 6.85. The van der Waals surface area contributed by atoms with Gasteiger partial charge in [-0.05, 0) is 18.6 Å². The summed E-state index contributed by atoms with van der Waals surface area (Å²) in [6, 6.07) is 0. The summed E-state index contributed by atoms with van der Waals surface area (Å²) in [5.74, 6) is -0.675. The Morgan fingerprint density at radius 3 is 2.81 bits per heavy atom. The molecule has 2 heterocycles. The highest BCUT2D eigenvalue weighted by Crippen LogP contribution is 2.29. The highest BCUT2D eigenvalue weighted by Gasteiger charge is 2.39. The Hall–Kier alpha value is -1.42. The van der Waals surface area contributed by atoms with Crippen LogP contribution in [0, 0.1) is 0 Å². The molecule has 1 aliphatic rings. The molecule has 0 spiro atoms. The summed E-state index contributed by atoms with van der Waals surface area (Å²) in [5, 5.41) is 10.4. The molecule has 0 aliphatic carbocycles. The highest BCUT2D eigenvalue weighted by atomic mass is 32.1. The van der Waals surface area contributed by atoms with Gasteiger partial charge in [-0.3, -0.25) is 0 Å². The van der Waals surface area contributed by atoms with E-state index in [9.17, 15) is 13.2 Å². The zero-order valence-corrected chi connectivity index (χ0v) is 12.3. The van der Waals surface area contributed by atoms with Crippen LogP contribution in [0.15, 0.2) is 0 Å². The number of ether oxygens (including phenoxy) is 1. The van der Waals surface area contributed by atoms with Gasteiger partial charge in [-0.25, -0.2) is 0 Å². The van der Waals surface area contributed by atoms with Crippen molar-refractivity contribution < 1.29 is 17.9 Å². The Morgan fingerprint density at radius 1 is 1.38 bits per heavy atom. The van der Waals surface area contributed by atoms with Crippen molar-refractivity contribution >= 4 is 17.3 Å². The SMILES string of the molecule is COCCCNC(=S)N1CCn2c(nnc2C(F)(F)F)C1. The maximum Gasteiger partial charge on any atom is 0.451 e. The average Bonchev–Trinajstić information content (AvgIpc) is 2.86. The lowest BCUT2D eigenvalue weighted by atomic mass is 10.3. The molecule has 1 aromatic heterocycles. The third kappa shape index (κ3) is 3.82. The molecule has 0 unspecified atom stereocenters. The van der Waals surface area contributed by atoms with Gasteiger partial charge in [-0.1, -0.05) is 0 Å². The zero-order valence-electron chi connectivity index (χ0n) is 11.5. The fraction of sp³-hybridized carbons (Fsp3) is 0.727. The molecule has 6 nitrogen and oxygen atoms in total. The Kier molecular flexibility index (Phi) is 4.99. The molecule has 10 heteroatoms. The third-order valence-electron chi connectivity index (χ3n) is 3.10. The van der Waals surface area contributed by atoms with Gasteiger partial charge in [-0.15, -0.1) is 10.2 Å². The fourth-order valence-corrected chi connectivity index (χ4v) is 2.32. The lowest BCUT2D eigenvalue weighted by molar-refractivity contribution is -0.147. The first-order chi connectivity index (χ1) is 9.93. The van der Waals surface area contributed by atoms with Crippen molar-refractivity contribution in [2.24, 2.45) is 0 Å². The van der Waals surface area contributed by atoms with E-state index < -0.39 is 12.0 Å². The summed E-state index contributed by atoms with van der Waals surface area (Å²) in [5.41, 5.74) is 0. The molecule has 0 bridgehead atoms. The van der Waals surface area contributed by atoms with E-state index in [1.165, 1.54) is 0 Å². The molecule has 0 saturated heterocycles. The standard InChI is InChI=1S/C11H16F3N5OS/c1-20-6-2-3-15-10(21)18-4-5-19-8(7-18)16-17-9(19)11(12,13)14/h2-7H2,1H3,(H,15,21). The smallest absolute Gasteiger partial charge is 0.385 e. The largest absolute Gasteiger partial charge is 0.451 e. The van der Waals surface area contributed by atoms with Crippen molar-refractivity contribution in [2.75, 3.05) is 26.8 Å². The summed E-state index contributed by atoms with van der Waals surface area (Å²) >= 11 is 5.23. The van der Waals surface area contributed by atoms with Crippen molar-refractivity contribution in [3.8, 4) is 0 Å². The predicted molar refractivity (Wildman–Crippen MR) is 72.5 cm³/mol. The predicted octanol–water partition coefficient (Wildman–Crippen LogP) is 1.02. The second-order valence-corrected chi connectivity index (χ2v) is 4.98. The molecule has 0 fully saturated rings. The summed E-state index contributed by atoms with van der Waals surface area (Å²) in [4.78, 5) is 1.78. The van der Waals surface area contributed by atoms with Crippen LogP contribution >= 0.6 is 12.2 Å². The van der Waals surface area contributed by atoms with Gasteiger partial charge < -0.3 is 19.5 Å². The van der Waals surface area contributed by atoms with Gasteiger partial charge in [0.05, 0.1) is 6.54 Å². The van der Waals surface area contributed by atoms with Crippen molar-refractivity contribution in [2.45, 2.75) is 25.7 Å². The van der Waals surface area contributed by atoms with E-state index >= 15 is 0 Å². The highest BCUT2D eigenvalue weighted by molar-refractivity contribution is 7.80. The van der Waals surface area contributed by atoms with Crippen LogP contribution in [0.5, 0.6) is 0 Å². The minimum atomic E-state index is -4.48. The lowest BCUT2D eigenvalue weighted by Crippen LogP contribution is -2.44. The number of hydrogen-bond acceptors (Lipinski definition) is 4. The van der Waals surface area contributed by atoms with Gasteiger partial charge in [0, 0.05) is 33.4 Å². The molecule has 0 amide bonds. The van der Waals surface area contributed by atoms with Gasteiger partial charge >= 0.3 is 6.18 Å². The molecule has 0 radical (unpaired) electrons. The molecule has 21 heavy (non-hydrogen) atoms. The van der Waals surface area contributed by atoms with Gasteiger partial charge in [0.15, 0.2) is 10.9 Å². The van der Waals surface area contributed by atoms with E-state index in [-0.39, 0.29) is 18.9 Å². The van der Waals surface area contributed by atoms with E-state index in [2.05, 4.69) is 15.5 Å². The third-order valence-corrected chi connectivity index (χ3v) is 3.50. The molecular weight excluding hydrogens is 307 g/mol. The van der Waals surface area contributed by atoms with E-state index in [4.69, 9.17) is 17.0 Å². The molecule has 118 valence electrons. The van der Waals surface area contributed by atoms with Crippen LogP contribution in [0.25, 0.3) is 0 Å². The average molecular weight is 323 g/mol.